The van der Waals surface area contributed by atoms with Gasteiger partial charge in [-0.25, -0.2) is 0 Å². The largest absolute Gasteiger partial charge is 0.478 e. The highest BCUT2D eigenvalue weighted by molar-refractivity contribution is 6.20. The van der Waals surface area contributed by atoms with E-state index in [1.165, 1.54) is 0 Å². The van der Waals surface area contributed by atoms with Gasteiger partial charge in [0.1, 0.15) is 5.82 Å². The highest BCUT2D eigenvalue weighted by Gasteiger charge is 2.25. The molecule has 0 radical (unpaired) electrons. The maximum atomic E-state index is 6.23. The maximum Gasteiger partial charge on any atom is 0.215 e. The number of rotatable bonds is 3. The number of alkyl halides is 1. The summed E-state index contributed by atoms with van der Waals surface area (Å²) in [7, 11) is 0. The lowest BCUT2D eigenvalue weighted by Crippen LogP contribution is -2.40. The number of pyridine rings is 1. The molecule has 1 aromatic rings. The highest BCUT2D eigenvalue weighted by Crippen LogP contribution is 2.26. The number of hydrogen-bond acceptors (Lipinski definition) is 3. The van der Waals surface area contributed by atoms with Gasteiger partial charge in [-0.3, -0.25) is 0 Å². The summed E-state index contributed by atoms with van der Waals surface area (Å²) in [4.78, 5) is 6.79. The molecule has 2 rings (SSSR count). The average Bonchev–Trinajstić information content (AvgIpc) is 2.33. The Morgan fingerprint density at radius 2 is 2.35 bits per heavy atom. The zero-order valence-electron chi connectivity index (χ0n) is 10.4. The number of anilines is 1. The molecule has 1 fully saturated rings. The summed E-state index contributed by atoms with van der Waals surface area (Å²) >= 11 is 6.23. The van der Waals surface area contributed by atoms with Crippen molar-refractivity contribution in [2.24, 2.45) is 5.92 Å². The van der Waals surface area contributed by atoms with Crippen LogP contribution in [0.3, 0.4) is 0 Å². The van der Waals surface area contributed by atoms with Gasteiger partial charge in [-0.15, -0.1) is 11.6 Å². The fraction of sp³-hybridized carbons (Fsp3) is 0.615. The van der Waals surface area contributed by atoms with Gasteiger partial charge in [0.05, 0.1) is 6.61 Å². The Labute approximate surface area is 108 Å². The van der Waals surface area contributed by atoms with Crippen molar-refractivity contribution in [2.45, 2.75) is 25.6 Å². The molecule has 0 saturated carbocycles. The summed E-state index contributed by atoms with van der Waals surface area (Å²) in [5.74, 6) is 2.19. The van der Waals surface area contributed by atoms with E-state index in [1.54, 1.807) is 0 Å². The molecule has 2 unspecified atom stereocenters. The highest BCUT2D eigenvalue weighted by atomic mass is 35.5. The van der Waals surface area contributed by atoms with Crippen LogP contribution in [0.4, 0.5) is 5.82 Å². The Morgan fingerprint density at radius 3 is 3.06 bits per heavy atom. The molecule has 2 atom stereocenters. The van der Waals surface area contributed by atoms with Crippen LogP contribution in [0.25, 0.3) is 0 Å². The van der Waals surface area contributed by atoms with E-state index in [0.29, 0.717) is 23.8 Å². The first kappa shape index (κ1) is 12.5. The van der Waals surface area contributed by atoms with Gasteiger partial charge in [-0.2, -0.15) is 4.98 Å². The van der Waals surface area contributed by atoms with E-state index in [1.807, 2.05) is 25.1 Å². The smallest absolute Gasteiger partial charge is 0.215 e. The summed E-state index contributed by atoms with van der Waals surface area (Å²) in [5.41, 5.74) is 0. The molecule has 0 aromatic carbocycles. The van der Waals surface area contributed by atoms with Crippen molar-refractivity contribution in [3.8, 4) is 5.88 Å². The number of piperidine rings is 1. The van der Waals surface area contributed by atoms with Crippen molar-refractivity contribution in [3.05, 3.63) is 18.2 Å². The Bertz CT molecular complexity index is 372. The molecular weight excluding hydrogens is 236 g/mol. The Hall–Kier alpha value is -0.960. The van der Waals surface area contributed by atoms with Crippen LogP contribution >= 0.6 is 11.6 Å². The fourth-order valence-corrected chi connectivity index (χ4v) is 2.31. The maximum absolute atomic E-state index is 6.23. The van der Waals surface area contributed by atoms with Gasteiger partial charge in [-0.1, -0.05) is 13.0 Å². The van der Waals surface area contributed by atoms with Gasteiger partial charge in [0.2, 0.25) is 5.88 Å². The Balaban J connectivity index is 2.09. The van der Waals surface area contributed by atoms with Crippen molar-refractivity contribution in [2.75, 3.05) is 24.6 Å². The first-order valence-electron chi connectivity index (χ1n) is 6.19. The molecule has 3 nitrogen and oxygen atoms in total. The van der Waals surface area contributed by atoms with E-state index in [9.17, 15) is 0 Å². The third-order valence-electron chi connectivity index (χ3n) is 3.13. The van der Waals surface area contributed by atoms with E-state index >= 15 is 0 Å². The van der Waals surface area contributed by atoms with E-state index in [-0.39, 0.29) is 0 Å². The molecular formula is C13H19ClN2O. The monoisotopic (exact) mass is 254 g/mol. The van der Waals surface area contributed by atoms with E-state index < -0.39 is 0 Å². The topological polar surface area (TPSA) is 25.4 Å². The minimum absolute atomic E-state index is 0.293. The predicted molar refractivity (Wildman–Crippen MR) is 71.0 cm³/mol. The molecule has 2 heterocycles. The van der Waals surface area contributed by atoms with Gasteiger partial charge in [0, 0.05) is 24.5 Å². The van der Waals surface area contributed by atoms with Crippen molar-refractivity contribution in [1.82, 2.24) is 4.98 Å². The quantitative estimate of drug-likeness (QED) is 0.776. The lowest BCUT2D eigenvalue weighted by molar-refractivity contribution is 0.326. The predicted octanol–water partition coefficient (Wildman–Crippen LogP) is 2.93. The van der Waals surface area contributed by atoms with Crippen LogP contribution in [-0.2, 0) is 0 Å². The number of hydrogen-bond donors (Lipinski definition) is 0. The fourth-order valence-electron chi connectivity index (χ4n) is 2.13. The second kappa shape index (κ2) is 5.58. The molecule has 17 heavy (non-hydrogen) atoms. The average molecular weight is 255 g/mol. The van der Waals surface area contributed by atoms with E-state index in [2.05, 4.69) is 16.8 Å². The summed E-state index contributed by atoms with van der Waals surface area (Å²) in [6, 6.07) is 5.92. The van der Waals surface area contributed by atoms with Crippen molar-refractivity contribution in [3.63, 3.8) is 0 Å². The van der Waals surface area contributed by atoms with Crippen LogP contribution < -0.4 is 9.64 Å². The first-order valence-corrected chi connectivity index (χ1v) is 6.63. The first-order chi connectivity index (χ1) is 8.20. The second-order valence-corrected chi connectivity index (χ2v) is 5.06. The van der Waals surface area contributed by atoms with Crippen LogP contribution in [0.1, 0.15) is 20.3 Å². The third-order valence-corrected chi connectivity index (χ3v) is 3.77. The zero-order valence-corrected chi connectivity index (χ0v) is 11.2. The van der Waals surface area contributed by atoms with Crippen LogP contribution in [-0.4, -0.2) is 30.1 Å². The van der Waals surface area contributed by atoms with E-state index in [0.717, 1.165) is 25.3 Å². The SMILES string of the molecule is CCOc1cccc(N2CCC(Cl)C(C)C2)n1. The normalized spacial score (nSPS) is 24.8. The molecule has 1 aliphatic rings. The molecule has 1 aromatic heterocycles. The number of ether oxygens (including phenoxy) is 1. The van der Waals surface area contributed by atoms with Crippen molar-refractivity contribution in [1.29, 1.82) is 0 Å². The second-order valence-electron chi connectivity index (χ2n) is 4.50. The Morgan fingerprint density at radius 1 is 1.53 bits per heavy atom. The lowest BCUT2D eigenvalue weighted by atomic mass is 10.00. The number of aromatic nitrogens is 1. The van der Waals surface area contributed by atoms with Gasteiger partial charge >= 0.3 is 0 Å². The summed E-state index contributed by atoms with van der Waals surface area (Å²) in [6.45, 7) is 6.75. The molecule has 0 N–H and O–H groups in total. The standard InChI is InChI=1S/C13H19ClN2O/c1-3-17-13-6-4-5-12(15-13)16-8-7-11(14)10(2)9-16/h4-6,10-11H,3,7-9H2,1-2H3. The molecule has 0 bridgehead atoms. The summed E-state index contributed by atoms with van der Waals surface area (Å²) in [6.07, 6.45) is 1.02. The molecule has 0 aliphatic carbocycles. The van der Waals surface area contributed by atoms with Crippen LogP contribution in [0.5, 0.6) is 5.88 Å². The molecule has 4 heteroatoms. The van der Waals surface area contributed by atoms with Crippen LogP contribution in [0.15, 0.2) is 18.2 Å². The molecule has 1 saturated heterocycles. The minimum atomic E-state index is 0.293. The van der Waals surface area contributed by atoms with Crippen molar-refractivity contribution >= 4 is 17.4 Å². The Kier molecular flexibility index (Phi) is 4.11. The van der Waals surface area contributed by atoms with Gasteiger partial charge in [-0.05, 0) is 25.3 Å². The summed E-state index contributed by atoms with van der Waals surface area (Å²) < 4.78 is 5.42. The summed E-state index contributed by atoms with van der Waals surface area (Å²) in [5, 5.41) is 0.293. The van der Waals surface area contributed by atoms with Gasteiger partial charge in [0.15, 0.2) is 0 Å². The van der Waals surface area contributed by atoms with Crippen LogP contribution in [0, 0.1) is 5.92 Å². The van der Waals surface area contributed by atoms with E-state index in [4.69, 9.17) is 16.3 Å². The molecule has 94 valence electrons. The van der Waals surface area contributed by atoms with Gasteiger partial charge < -0.3 is 9.64 Å². The molecule has 0 spiro atoms. The molecule has 1 aliphatic heterocycles. The zero-order chi connectivity index (χ0) is 12.3. The van der Waals surface area contributed by atoms with Gasteiger partial charge in [0.25, 0.3) is 0 Å². The third kappa shape index (κ3) is 3.03. The minimum Gasteiger partial charge on any atom is -0.478 e. The van der Waals surface area contributed by atoms with Crippen LogP contribution in [0.2, 0.25) is 0 Å². The molecule has 0 amide bonds. The lowest BCUT2D eigenvalue weighted by Gasteiger charge is -2.34. The van der Waals surface area contributed by atoms with Crippen molar-refractivity contribution < 1.29 is 4.74 Å². The number of halogens is 1. The number of nitrogens with zero attached hydrogens (tertiary/aromatic N) is 2.